The number of thiazole rings is 1. The van der Waals surface area contributed by atoms with Crippen molar-refractivity contribution >= 4 is 45.0 Å². The van der Waals surface area contributed by atoms with Crippen LogP contribution in [0.25, 0.3) is 0 Å². The summed E-state index contributed by atoms with van der Waals surface area (Å²) in [6.07, 6.45) is 0.750. The molecule has 1 heterocycles. The molecule has 0 fully saturated rings. The highest BCUT2D eigenvalue weighted by atomic mass is 79.9. The molecule has 9 nitrogen and oxygen atoms in total. The standard InChI is InChI=1S/C27H31BrFN5O4S/c1-3-17(2)24(26(36)32-23(25(35)33-38)12-22-14-39-16-31-22)30-15-34(13-18-4-10-21(29)11-5-18)27(37)19-6-8-20(28)9-7-19/h4-11,14,16-17,23-24,30,38H,3,12-13,15H2,1-2H3,(H,32,36)(H,33,35)/t17-,23-,24-/m1/s1. The summed E-state index contributed by atoms with van der Waals surface area (Å²) in [7, 11) is 0. The summed E-state index contributed by atoms with van der Waals surface area (Å²) in [5.41, 5.74) is 5.00. The van der Waals surface area contributed by atoms with E-state index < -0.39 is 23.9 Å². The normalized spacial score (nSPS) is 13.3. The maximum absolute atomic E-state index is 13.5. The van der Waals surface area contributed by atoms with Crippen LogP contribution in [0.5, 0.6) is 0 Å². The van der Waals surface area contributed by atoms with Crippen LogP contribution in [-0.4, -0.2) is 51.6 Å². The van der Waals surface area contributed by atoms with Crippen LogP contribution in [0.1, 0.15) is 41.9 Å². The molecule has 3 amide bonds. The number of nitrogens with zero attached hydrogens (tertiary/aromatic N) is 2. The lowest BCUT2D eigenvalue weighted by Gasteiger charge is -2.30. The number of amides is 3. The van der Waals surface area contributed by atoms with Crippen LogP contribution in [0.2, 0.25) is 0 Å². The van der Waals surface area contributed by atoms with Gasteiger partial charge < -0.3 is 10.2 Å². The van der Waals surface area contributed by atoms with Gasteiger partial charge >= 0.3 is 0 Å². The van der Waals surface area contributed by atoms with Gasteiger partial charge in [-0.25, -0.2) is 14.9 Å². The number of carbonyl (C=O) groups excluding carboxylic acids is 3. The molecular weight excluding hydrogens is 589 g/mol. The molecule has 39 heavy (non-hydrogen) atoms. The molecule has 3 aromatic rings. The lowest BCUT2D eigenvalue weighted by Crippen LogP contribution is -2.56. The highest BCUT2D eigenvalue weighted by Gasteiger charge is 2.30. The maximum Gasteiger partial charge on any atom is 0.266 e. The van der Waals surface area contributed by atoms with Gasteiger partial charge in [-0.05, 0) is 47.9 Å². The zero-order chi connectivity index (χ0) is 28.4. The molecule has 0 spiro atoms. The lowest BCUT2D eigenvalue weighted by molar-refractivity contribution is -0.135. The van der Waals surface area contributed by atoms with E-state index in [2.05, 4.69) is 31.5 Å². The monoisotopic (exact) mass is 619 g/mol. The Labute approximate surface area is 238 Å². The predicted octanol–water partition coefficient (Wildman–Crippen LogP) is 3.88. The van der Waals surface area contributed by atoms with Gasteiger partial charge in [-0.3, -0.25) is 24.9 Å². The minimum absolute atomic E-state index is 0.0116. The van der Waals surface area contributed by atoms with Crippen LogP contribution >= 0.6 is 27.3 Å². The second-order valence-electron chi connectivity index (χ2n) is 9.08. The second-order valence-corrected chi connectivity index (χ2v) is 10.7. The van der Waals surface area contributed by atoms with E-state index in [1.807, 2.05) is 13.8 Å². The molecule has 3 atom stereocenters. The molecule has 0 aliphatic heterocycles. The SMILES string of the molecule is CC[C@@H](C)[C@@H](NCN(Cc1ccc(F)cc1)C(=O)c1ccc(Br)cc1)C(=O)N[C@H](Cc1cscn1)C(=O)NO. The third kappa shape index (κ3) is 8.92. The fourth-order valence-corrected chi connectivity index (χ4v) is 4.71. The minimum Gasteiger partial charge on any atom is -0.342 e. The van der Waals surface area contributed by atoms with E-state index in [0.717, 1.165) is 10.0 Å². The number of halogens is 2. The van der Waals surface area contributed by atoms with Gasteiger partial charge in [0.05, 0.1) is 23.9 Å². The van der Waals surface area contributed by atoms with Crippen molar-refractivity contribution in [3.8, 4) is 0 Å². The van der Waals surface area contributed by atoms with Crippen LogP contribution in [0.15, 0.2) is 63.9 Å². The largest absolute Gasteiger partial charge is 0.342 e. The first kappa shape index (κ1) is 30.4. The Kier molecular flexibility index (Phi) is 11.5. The summed E-state index contributed by atoms with van der Waals surface area (Å²) in [4.78, 5) is 44.8. The van der Waals surface area contributed by atoms with E-state index in [-0.39, 0.29) is 37.3 Å². The van der Waals surface area contributed by atoms with Crippen LogP contribution in [-0.2, 0) is 22.6 Å². The molecular formula is C27H31BrFN5O4S. The van der Waals surface area contributed by atoms with E-state index in [1.54, 1.807) is 52.8 Å². The molecule has 4 N–H and O–H groups in total. The van der Waals surface area contributed by atoms with E-state index in [4.69, 9.17) is 0 Å². The average molecular weight is 621 g/mol. The number of aromatic nitrogens is 1. The number of rotatable bonds is 13. The zero-order valence-corrected chi connectivity index (χ0v) is 24.0. The summed E-state index contributed by atoms with van der Waals surface area (Å²) in [5.74, 6) is -2.02. The van der Waals surface area contributed by atoms with Crippen molar-refractivity contribution in [3.63, 3.8) is 0 Å². The summed E-state index contributed by atoms with van der Waals surface area (Å²) in [5, 5.41) is 16.9. The van der Waals surface area contributed by atoms with E-state index in [1.165, 1.54) is 28.4 Å². The topological polar surface area (TPSA) is 124 Å². The van der Waals surface area contributed by atoms with Crippen molar-refractivity contribution in [1.29, 1.82) is 0 Å². The Morgan fingerprint density at radius 3 is 2.38 bits per heavy atom. The molecule has 12 heteroatoms. The van der Waals surface area contributed by atoms with Gasteiger partial charge in [0.1, 0.15) is 11.9 Å². The first-order valence-corrected chi connectivity index (χ1v) is 14.1. The molecule has 0 radical (unpaired) electrons. The Morgan fingerprint density at radius 1 is 1.10 bits per heavy atom. The average Bonchev–Trinajstić information content (AvgIpc) is 3.45. The Hall–Kier alpha value is -3.19. The van der Waals surface area contributed by atoms with Gasteiger partial charge in [0.2, 0.25) is 5.91 Å². The molecule has 0 saturated carbocycles. The van der Waals surface area contributed by atoms with E-state index in [9.17, 15) is 24.0 Å². The van der Waals surface area contributed by atoms with Crippen molar-refractivity contribution in [2.75, 3.05) is 6.67 Å². The van der Waals surface area contributed by atoms with Gasteiger partial charge in [0, 0.05) is 28.4 Å². The maximum atomic E-state index is 13.5. The molecule has 3 rings (SSSR count). The molecule has 0 aliphatic carbocycles. The molecule has 1 aromatic heterocycles. The van der Waals surface area contributed by atoms with Crippen LogP contribution in [0.3, 0.4) is 0 Å². The van der Waals surface area contributed by atoms with Crippen LogP contribution < -0.4 is 16.1 Å². The smallest absolute Gasteiger partial charge is 0.266 e. The van der Waals surface area contributed by atoms with Crippen molar-refractivity contribution in [3.05, 3.63) is 86.5 Å². The van der Waals surface area contributed by atoms with Crippen molar-refractivity contribution in [2.24, 2.45) is 5.92 Å². The number of carbonyl (C=O) groups is 3. The molecule has 0 unspecified atom stereocenters. The molecule has 0 aliphatic rings. The molecule has 0 bridgehead atoms. The third-order valence-corrected chi connectivity index (χ3v) is 7.47. The second kappa shape index (κ2) is 14.8. The highest BCUT2D eigenvalue weighted by Crippen LogP contribution is 2.16. The lowest BCUT2D eigenvalue weighted by atomic mass is 9.97. The summed E-state index contributed by atoms with van der Waals surface area (Å²) in [6, 6.07) is 11.0. The van der Waals surface area contributed by atoms with Gasteiger partial charge in [-0.15, -0.1) is 11.3 Å². The van der Waals surface area contributed by atoms with Crippen molar-refractivity contribution in [1.82, 2.24) is 26.0 Å². The van der Waals surface area contributed by atoms with Gasteiger partial charge in [0.25, 0.3) is 11.8 Å². The van der Waals surface area contributed by atoms with Gasteiger partial charge in [0.15, 0.2) is 0 Å². The van der Waals surface area contributed by atoms with E-state index >= 15 is 0 Å². The fourth-order valence-electron chi connectivity index (χ4n) is 3.88. The summed E-state index contributed by atoms with van der Waals surface area (Å²) in [6.45, 7) is 4.01. The minimum atomic E-state index is -1.04. The Balaban J connectivity index is 1.79. The van der Waals surface area contributed by atoms with Gasteiger partial charge in [-0.2, -0.15) is 0 Å². The van der Waals surface area contributed by atoms with Crippen molar-refractivity contribution in [2.45, 2.75) is 45.3 Å². The quantitative estimate of drug-likeness (QED) is 0.131. The zero-order valence-electron chi connectivity index (χ0n) is 21.6. The van der Waals surface area contributed by atoms with Gasteiger partial charge in [-0.1, -0.05) is 48.3 Å². The van der Waals surface area contributed by atoms with Crippen LogP contribution in [0, 0.1) is 11.7 Å². The first-order valence-electron chi connectivity index (χ1n) is 12.4. The highest BCUT2D eigenvalue weighted by molar-refractivity contribution is 9.10. The summed E-state index contributed by atoms with van der Waals surface area (Å²) < 4.78 is 14.3. The van der Waals surface area contributed by atoms with Crippen molar-refractivity contribution < 1.29 is 24.0 Å². The number of nitrogens with one attached hydrogen (secondary N) is 3. The summed E-state index contributed by atoms with van der Waals surface area (Å²) >= 11 is 4.73. The Morgan fingerprint density at radius 2 is 1.79 bits per heavy atom. The molecule has 0 saturated heterocycles. The number of hydroxylamine groups is 1. The molecule has 208 valence electrons. The Bertz CT molecular complexity index is 1230. The van der Waals surface area contributed by atoms with Crippen LogP contribution in [0.4, 0.5) is 4.39 Å². The number of hydrogen-bond donors (Lipinski definition) is 4. The third-order valence-electron chi connectivity index (χ3n) is 6.30. The number of hydrogen-bond acceptors (Lipinski definition) is 7. The van der Waals surface area contributed by atoms with E-state index in [0.29, 0.717) is 17.7 Å². The number of benzene rings is 2. The predicted molar refractivity (Wildman–Crippen MR) is 149 cm³/mol. The molecule has 2 aromatic carbocycles. The fraction of sp³-hybridized carbons (Fsp3) is 0.333. The first-order chi connectivity index (χ1) is 18.7.